The average Bonchev–Trinajstić information content (AvgIpc) is 2.84. The number of sulfone groups is 1. The van der Waals surface area contributed by atoms with Gasteiger partial charge in [0.15, 0.2) is 9.84 Å². The van der Waals surface area contributed by atoms with E-state index in [9.17, 15) is 8.42 Å². The first-order valence-electron chi connectivity index (χ1n) is 10.2. The molecule has 0 bridgehead atoms. The number of nitrogens with zero attached hydrogens (tertiary/aromatic N) is 2. The fourth-order valence-electron chi connectivity index (χ4n) is 3.79. The van der Waals surface area contributed by atoms with Gasteiger partial charge in [-0.15, -0.1) is 0 Å². The molecule has 0 spiro atoms. The van der Waals surface area contributed by atoms with Crippen LogP contribution >= 0.6 is 0 Å². The lowest BCUT2D eigenvalue weighted by Gasteiger charge is -2.23. The van der Waals surface area contributed by atoms with Crippen LogP contribution in [0.4, 0.5) is 11.5 Å². The maximum atomic E-state index is 12.7. The first-order chi connectivity index (χ1) is 14.0. The summed E-state index contributed by atoms with van der Waals surface area (Å²) >= 11 is 0. The number of aromatic nitrogens is 1. The number of unbranched alkanes of at least 4 members (excludes halogenated alkanes) is 1. The zero-order chi connectivity index (χ0) is 20.4. The lowest BCUT2D eigenvalue weighted by molar-refractivity contribution is 0.596. The van der Waals surface area contributed by atoms with Crippen molar-refractivity contribution < 1.29 is 8.42 Å². The molecule has 3 aromatic rings. The van der Waals surface area contributed by atoms with E-state index in [-0.39, 0.29) is 5.75 Å². The number of pyridine rings is 1. The van der Waals surface area contributed by atoms with E-state index in [1.165, 1.54) is 5.56 Å². The molecule has 5 nitrogen and oxygen atoms in total. The Labute approximate surface area is 172 Å². The molecule has 1 N–H and O–H groups in total. The predicted octanol–water partition coefficient (Wildman–Crippen LogP) is 4.55. The Morgan fingerprint density at radius 1 is 1.14 bits per heavy atom. The van der Waals surface area contributed by atoms with E-state index >= 15 is 0 Å². The zero-order valence-electron chi connectivity index (χ0n) is 17.0. The Bertz CT molecular complexity index is 1140. The van der Waals surface area contributed by atoms with Gasteiger partial charge < -0.3 is 10.2 Å². The SMILES string of the molecule is CCCCNc1cc(N2CCS(=O)(=O)c3ccccc3C2)nc2ccc(C)cc12. The quantitative estimate of drug-likeness (QED) is 0.627. The van der Waals surface area contributed by atoms with Crippen LogP contribution in [-0.2, 0) is 16.4 Å². The topological polar surface area (TPSA) is 62.3 Å². The first kappa shape index (κ1) is 19.7. The molecule has 4 rings (SSSR count). The summed E-state index contributed by atoms with van der Waals surface area (Å²) in [6.07, 6.45) is 2.23. The maximum absolute atomic E-state index is 12.7. The average molecular weight is 410 g/mol. The van der Waals surface area contributed by atoms with E-state index in [0.29, 0.717) is 18.0 Å². The van der Waals surface area contributed by atoms with Crippen molar-refractivity contribution in [1.82, 2.24) is 4.98 Å². The number of aryl methyl sites for hydroxylation is 1. The van der Waals surface area contributed by atoms with Gasteiger partial charge in [-0.25, -0.2) is 13.4 Å². The van der Waals surface area contributed by atoms with Crippen molar-refractivity contribution in [2.75, 3.05) is 29.1 Å². The molecule has 0 fully saturated rings. The number of hydrogen-bond acceptors (Lipinski definition) is 5. The Morgan fingerprint density at radius 2 is 1.97 bits per heavy atom. The lowest BCUT2D eigenvalue weighted by Crippen LogP contribution is -2.26. The molecule has 1 aromatic heterocycles. The second-order valence-corrected chi connectivity index (χ2v) is 9.75. The second-order valence-electron chi connectivity index (χ2n) is 7.68. The third-order valence-corrected chi connectivity index (χ3v) is 7.21. The van der Waals surface area contributed by atoms with Crippen LogP contribution in [0.1, 0.15) is 30.9 Å². The molecule has 0 saturated carbocycles. The molecule has 6 heteroatoms. The van der Waals surface area contributed by atoms with E-state index in [1.807, 2.05) is 18.2 Å². The Hall–Kier alpha value is -2.60. The summed E-state index contributed by atoms with van der Waals surface area (Å²) in [5.41, 5.74) is 4.01. The molecular formula is C23H27N3O2S. The summed E-state index contributed by atoms with van der Waals surface area (Å²) in [6, 6.07) is 15.6. The number of anilines is 2. The maximum Gasteiger partial charge on any atom is 0.180 e. The number of benzene rings is 2. The van der Waals surface area contributed by atoms with Gasteiger partial charge in [-0.05, 0) is 37.1 Å². The highest BCUT2D eigenvalue weighted by Gasteiger charge is 2.26. The normalized spacial score (nSPS) is 15.7. The molecule has 152 valence electrons. The van der Waals surface area contributed by atoms with Gasteiger partial charge in [0.25, 0.3) is 0 Å². The Morgan fingerprint density at radius 3 is 2.79 bits per heavy atom. The third-order valence-electron chi connectivity index (χ3n) is 5.42. The minimum absolute atomic E-state index is 0.0935. The highest BCUT2D eigenvalue weighted by molar-refractivity contribution is 7.91. The van der Waals surface area contributed by atoms with Gasteiger partial charge in [0, 0.05) is 36.8 Å². The Balaban J connectivity index is 1.76. The van der Waals surface area contributed by atoms with Crippen molar-refractivity contribution in [3.05, 3.63) is 59.7 Å². The second kappa shape index (κ2) is 8.03. The summed E-state index contributed by atoms with van der Waals surface area (Å²) < 4.78 is 25.4. The van der Waals surface area contributed by atoms with E-state index in [1.54, 1.807) is 12.1 Å². The van der Waals surface area contributed by atoms with Crippen LogP contribution < -0.4 is 10.2 Å². The molecule has 0 unspecified atom stereocenters. The van der Waals surface area contributed by atoms with E-state index < -0.39 is 9.84 Å². The number of nitrogens with one attached hydrogen (secondary N) is 1. The van der Waals surface area contributed by atoms with Crippen LogP contribution in [0.5, 0.6) is 0 Å². The molecule has 1 aliphatic rings. The van der Waals surface area contributed by atoms with Crippen molar-refractivity contribution in [3.63, 3.8) is 0 Å². The molecule has 2 aromatic carbocycles. The summed E-state index contributed by atoms with van der Waals surface area (Å²) in [4.78, 5) is 7.40. The largest absolute Gasteiger partial charge is 0.384 e. The van der Waals surface area contributed by atoms with Gasteiger partial charge in [0.05, 0.1) is 16.2 Å². The van der Waals surface area contributed by atoms with Gasteiger partial charge >= 0.3 is 0 Å². The summed E-state index contributed by atoms with van der Waals surface area (Å²) in [7, 11) is -3.28. The minimum Gasteiger partial charge on any atom is -0.384 e. The smallest absolute Gasteiger partial charge is 0.180 e. The molecule has 0 radical (unpaired) electrons. The van der Waals surface area contributed by atoms with Crippen molar-refractivity contribution in [2.24, 2.45) is 0 Å². The Kier molecular flexibility index (Phi) is 5.46. The zero-order valence-corrected chi connectivity index (χ0v) is 17.8. The fraction of sp³-hybridized carbons (Fsp3) is 0.348. The number of hydrogen-bond donors (Lipinski definition) is 1. The summed E-state index contributed by atoms with van der Waals surface area (Å²) in [5.74, 6) is 0.906. The van der Waals surface area contributed by atoms with Gasteiger partial charge in [-0.1, -0.05) is 43.2 Å². The van der Waals surface area contributed by atoms with Crippen LogP contribution in [-0.4, -0.2) is 32.2 Å². The number of fused-ring (bicyclic) bond motifs is 2. The monoisotopic (exact) mass is 409 g/mol. The van der Waals surface area contributed by atoms with E-state index in [4.69, 9.17) is 4.98 Å². The minimum atomic E-state index is -3.28. The van der Waals surface area contributed by atoms with Crippen molar-refractivity contribution in [2.45, 2.75) is 38.1 Å². The fourth-order valence-corrected chi connectivity index (χ4v) is 5.29. The van der Waals surface area contributed by atoms with Gasteiger partial charge in [-0.3, -0.25) is 0 Å². The highest BCUT2D eigenvalue weighted by atomic mass is 32.2. The molecule has 0 amide bonds. The lowest BCUT2D eigenvalue weighted by atomic mass is 10.1. The van der Waals surface area contributed by atoms with Crippen molar-refractivity contribution in [1.29, 1.82) is 0 Å². The van der Waals surface area contributed by atoms with Gasteiger partial charge in [0.2, 0.25) is 0 Å². The van der Waals surface area contributed by atoms with Crippen molar-refractivity contribution in [3.8, 4) is 0 Å². The van der Waals surface area contributed by atoms with Crippen LogP contribution in [0.2, 0.25) is 0 Å². The third kappa shape index (κ3) is 4.08. The van der Waals surface area contributed by atoms with Crippen LogP contribution in [0.25, 0.3) is 10.9 Å². The summed E-state index contributed by atoms with van der Waals surface area (Å²) in [5, 5.41) is 4.67. The summed E-state index contributed by atoms with van der Waals surface area (Å²) in [6.45, 7) is 6.13. The standard InChI is InChI=1S/C23H27N3O2S/c1-3-4-11-24-21-15-23(25-20-10-9-17(2)14-19(20)21)26-12-13-29(27,28)22-8-6-5-7-18(22)16-26/h5-10,14-15H,3-4,11-13,16H2,1-2H3,(H,24,25). The van der Waals surface area contributed by atoms with Crippen molar-refractivity contribution >= 4 is 32.2 Å². The molecule has 0 aliphatic carbocycles. The van der Waals surface area contributed by atoms with Gasteiger partial charge in [0.1, 0.15) is 5.82 Å². The molecule has 0 atom stereocenters. The predicted molar refractivity (Wildman–Crippen MR) is 119 cm³/mol. The highest BCUT2D eigenvalue weighted by Crippen LogP contribution is 2.31. The van der Waals surface area contributed by atoms with Crippen LogP contribution in [0.3, 0.4) is 0 Å². The molecule has 1 aliphatic heterocycles. The molecule has 29 heavy (non-hydrogen) atoms. The first-order valence-corrected chi connectivity index (χ1v) is 11.8. The van der Waals surface area contributed by atoms with E-state index in [2.05, 4.69) is 42.3 Å². The molecule has 2 heterocycles. The van der Waals surface area contributed by atoms with Crippen LogP contribution in [0.15, 0.2) is 53.4 Å². The van der Waals surface area contributed by atoms with E-state index in [0.717, 1.165) is 47.4 Å². The van der Waals surface area contributed by atoms with Gasteiger partial charge in [-0.2, -0.15) is 0 Å². The number of rotatable bonds is 5. The molecule has 0 saturated heterocycles. The molecular weight excluding hydrogens is 382 g/mol. The van der Waals surface area contributed by atoms with Crippen LogP contribution in [0, 0.1) is 6.92 Å².